The first kappa shape index (κ1) is 31.7. The molecule has 2 atom stereocenters. The van der Waals surface area contributed by atoms with E-state index in [-0.39, 0.29) is 37.4 Å². The predicted octanol–water partition coefficient (Wildman–Crippen LogP) is 3.60. The lowest BCUT2D eigenvalue weighted by Gasteiger charge is -2.38. The Morgan fingerprint density at radius 2 is 1.75 bits per heavy atom. The number of rotatable bonds is 12. The molecule has 3 N–H and O–H groups in total. The molecule has 12 heteroatoms. The Hall–Kier alpha value is -2.86. The van der Waals surface area contributed by atoms with Crippen molar-refractivity contribution in [3.8, 4) is 0 Å². The maximum absolute atomic E-state index is 13.4. The topological polar surface area (TPSA) is 85.9 Å². The lowest BCUT2D eigenvalue weighted by Crippen LogP contribution is -2.50. The number of hydrogen-bond acceptors (Lipinski definition) is 6. The number of halogens is 4. The average Bonchev–Trinajstić information content (AvgIpc) is 2.91. The van der Waals surface area contributed by atoms with E-state index in [4.69, 9.17) is 16.3 Å². The molecule has 1 saturated heterocycles. The standard InChI is InChI=1S/C28H37ClF3N5O3/c1-19(18-40-3)34-16-21-14-22(28(30,31)32)6-9-25(21)36-10-12-37(13-11-36)27(39)15-24(35-26(38)17-33-2)20-4-7-23(29)8-5-20/h4-9,14,19,24,33-34H,10-13,15-18H2,1-3H3,(H,35,38). The molecule has 0 saturated carbocycles. The summed E-state index contributed by atoms with van der Waals surface area (Å²) in [6.07, 6.45) is -4.37. The third-order valence-electron chi connectivity index (χ3n) is 6.76. The van der Waals surface area contributed by atoms with Crippen LogP contribution >= 0.6 is 11.6 Å². The Balaban J connectivity index is 1.69. The molecule has 2 aromatic carbocycles. The van der Waals surface area contributed by atoms with Crippen LogP contribution in [0.1, 0.15) is 36.1 Å². The quantitative estimate of drug-likeness (QED) is 0.354. The number of ether oxygens (including phenoxy) is 1. The van der Waals surface area contributed by atoms with E-state index in [2.05, 4.69) is 16.0 Å². The molecule has 2 aromatic rings. The summed E-state index contributed by atoms with van der Waals surface area (Å²) in [5.41, 5.74) is 1.31. The number of anilines is 1. The van der Waals surface area contributed by atoms with Gasteiger partial charge >= 0.3 is 6.18 Å². The van der Waals surface area contributed by atoms with E-state index >= 15 is 0 Å². The third-order valence-corrected chi connectivity index (χ3v) is 7.01. The van der Waals surface area contributed by atoms with E-state index in [1.165, 1.54) is 12.1 Å². The van der Waals surface area contributed by atoms with Gasteiger partial charge in [0.05, 0.1) is 31.2 Å². The van der Waals surface area contributed by atoms with Gasteiger partial charge in [0.25, 0.3) is 0 Å². The molecule has 1 heterocycles. The van der Waals surface area contributed by atoms with E-state index in [9.17, 15) is 22.8 Å². The van der Waals surface area contributed by atoms with Crippen LogP contribution in [0.15, 0.2) is 42.5 Å². The Labute approximate surface area is 238 Å². The highest BCUT2D eigenvalue weighted by atomic mass is 35.5. The smallest absolute Gasteiger partial charge is 0.383 e. The summed E-state index contributed by atoms with van der Waals surface area (Å²) in [4.78, 5) is 29.3. The number of methoxy groups -OCH3 is 1. The van der Waals surface area contributed by atoms with Crippen LogP contribution in [0.5, 0.6) is 0 Å². The van der Waals surface area contributed by atoms with Crippen molar-refractivity contribution < 1.29 is 27.5 Å². The average molecular weight is 584 g/mol. The van der Waals surface area contributed by atoms with Gasteiger partial charge in [0.1, 0.15) is 0 Å². The number of piperazine rings is 1. The van der Waals surface area contributed by atoms with Gasteiger partial charge in [-0.15, -0.1) is 0 Å². The lowest BCUT2D eigenvalue weighted by atomic mass is 10.0. The zero-order valence-electron chi connectivity index (χ0n) is 23.0. The van der Waals surface area contributed by atoms with Crippen molar-refractivity contribution in [2.45, 2.75) is 38.1 Å². The van der Waals surface area contributed by atoms with Gasteiger partial charge in [0.15, 0.2) is 0 Å². The fourth-order valence-corrected chi connectivity index (χ4v) is 4.78. The maximum atomic E-state index is 13.4. The molecule has 1 aliphatic rings. The molecule has 3 rings (SSSR count). The molecular weight excluding hydrogens is 547 g/mol. The van der Waals surface area contributed by atoms with Crippen LogP contribution < -0.4 is 20.9 Å². The molecule has 8 nitrogen and oxygen atoms in total. The van der Waals surface area contributed by atoms with Gasteiger partial charge in [-0.05, 0) is 55.4 Å². The van der Waals surface area contributed by atoms with Crippen molar-refractivity contribution in [3.63, 3.8) is 0 Å². The van der Waals surface area contributed by atoms with Crippen molar-refractivity contribution in [2.75, 3.05) is 58.4 Å². The van der Waals surface area contributed by atoms with E-state index in [0.29, 0.717) is 49.1 Å². The zero-order chi connectivity index (χ0) is 29.3. The van der Waals surface area contributed by atoms with Crippen LogP contribution in [0.3, 0.4) is 0 Å². The van der Waals surface area contributed by atoms with Crippen LogP contribution in [0.25, 0.3) is 0 Å². The number of hydrogen-bond donors (Lipinski definition) is 3. The third kappa shape index (κ3) is 9.09. The molecule has 2 amide bonds. The van der Waals surface area contributed by atoms with Gasteiger partial charge in [0, 0.05) is 56.6 Å². The van der Waals surface area contributed by atoms with Gasteiger partial charge in [-0.25, -0.2) is 0 Å². The fourth-order valence-electron chi connectivity index (χ4n) is 4.66. The summed E-state index contributed by atoms with van der Waals surface area (Å²) in [5.74, 6) is -0.351. The van der Waals surface area contributed by atoms with Crippen LogP contribution in [0.4, 0.5) is 18.9 Å². The molecule has 0 aliphatic carbocycles. The van der Waals surface area contributed by atoms with E-state index in [1.54, 1.807) is 43.3 Å². The van der Waals surface area contributed by atoms with E-state index < -0.39 is 17.8 Å². The predicted molar refractivity (Wildman–Crippen MR) is 149 cm³/mol. The number of nitrogens with one attached hydrogen (secondary N) is 3. The highest BCUT2D eigenvalue weighted by Crippen LogP contribution is 2.33. The molecule has 1 fully saturated rings. The van der Waals surface area contributed by atoms with Crippen molar-refractivity contribution >= 4 is 29.1 Å². The lowest BCUT2D eigenvalue weighted by molar-refractivity contribution is -0.137. The zero-order valence-corrected chi connectivity index (χ0v) is 23.7. The van der Waals surface area contributed by atoms with Crippen LogP contribution in [-0.2, 0) is 27.0 Å². The minimum atomic E-state index is -4.44. The summed E-state index contributed by atoms with van der Waals surface area (Å²) in [6.45, 7) is 4.45. The molecule has 0 radical (unpaired) electrons. The largest absolute Gasteiger partial charge is 0.416 e. The summed E-state index contributed by atoms with van der Waals surface area (Å²) < 4.78 is 45.4. The minimum Gasteiger partial charge on any atom is -0.383 e. The SMILES string of the molecule is CNCC(=O)NC(CC(=O)N1CCN(c2ccc(C(F)(F)F)cc2CNC(C)COC)CC1)c1ccc(Cl)cc1. The molecule has 1 aliphatic heterocycles. The normalized spacial score (nSPS) is 15.6. The van der Waals surface area contributed by atoms with Gasteiger partial charge in [0.2, 0.25) is 11.8 Å². The monoisotopic (exact) mass is 583 g/mol. The number of nitrogens with zero attached hydrogens (tertiary/aromatic N) is 2. The molecule has 0 bridgehead atoms. The number of carbonyl (C=O) groups is 2. The summed E-state index contributed by atoms with van der Waals surface area (Å²) in [5, 5.41) is 9.48. The second-order valence-corrected chi connectivity index (χ2v) is 10.3. The Kier molecular flexibility index (Phi) is 11.6. The van der Waals surface area contributed by atoms with Crippen molar-refractivity contribution in [1.29, 1.82) is 0 Å². The molecule has 0 aromatic heterocycles. The Morgan fingerprint density at radius 1 is 1.07 bits per heavy atom. The van der Waals surface area contributed by atoms with Gasteiger partial charge in [-0.3, -0.25) is 9.59 Å². The van der Waals surface area contributed by atoms with E-state index in [1.807, 2.05) is 11.8 Å². The van der Waals surface area contributed by atoms with E-state index in [0.717, 1.165) is 11.6 Å². The Bertz CT molecular complexity index is 1130. The number of carbonyl (C=O) groups excluding carboxylic acids is 2. The Morgan fingerprint density at radius 3 is 2.35 bits per heavy atom. The van der Waals surface area contributed by atoms with Gasteiger partial charge in [-0.2, -0.15) is 13.2 Å². The summed E-state index contributed by atoms with van der Waals surface area (Å²) in [7, 11) is 3.24. The highest BCUT2D eigenvalue weighted by Gasteiger charge is 2.32. The first-order valence-corrected chi connectivity index (χ1v) is 13.5. The first-order chi connectivity index (χ1) is 19.0. The van der Waals surface area contributed by atoms with Crippen LogP contribution in [0.2, 0.25) is 5.02 Å². The summed E-state index contributed by atoms with van der Waals surface area (Å²) >= 11 is 6.01. The van der Waals surface area contributed by atoms with Crippen molar-refractivity contribution in [2.24, 2.45) is 0 Å². The van der Waals surface area contributed by atoms with Crippen LogP contribution in [-0.4, -0.2) is 76.2 Å². The number of alkyl halides is 3. The number of amides is 2. The molecule has 40 heavy (non-hydrogen) atoms. The van der Waals surface area contributed by atoms with Gasteiger partial charge in [-0.1, -0.05) is 23.7 Å². The minimum absolute atomic E-state index is 0.0379. The van der Waals surface area contributed by atoms with Crippen molar-refractivity contribution in [1.82, 2.24) is 20.9 Å². The molecular formula is C28H37ClF3N5O3. The van der Waals surface area contributed by atoms with Crippen LogP contribution in [0, 0.1) is 0 Å². The van der Waals surface area contributed by atoms with Crippen molar-refractivity contribution in [3.05, 3.63) is 64.2 Å². The number of likely N-dealkylation sites (N-methyl/N-ethyl adjacent to an activating group) is 1. The molecule has 2 unspecified atom stereocenters. The molecule has 220 valence electrons. The summed E-state index contributed by atoms with van der Waals surface area (Å²) in [6, 6.07) is 10.2. The first-order valence-electron chi connectivity index (χ1n) is 13.2. The second-order valence-electron chi connectivity index (χ2n) is 9.85. The number of benzene rings is 2. The molecule has 0 spiro atoms. The maximum Gasteiger partial charge on any atom is 0.416 e. The van der Waals surface area contributed by atoms with Gasteiger partial charge < -0.3 is 30.5 Å². The second kappa shape index (κ2) is 14.7. The fraction of sp³-hybridized carbons (Fsp3) is 0.500. The highest BCUT2D eigenvalue weighted by molar-refractivity contribution is 6.30.